The van der Waals surface area contributed by atoms with Crippen LogP contribution in [0.5, 0.6) is 0 Å². The Morgan fingerprint density at radius 3 is 2.22 bits per heavy atom. The van der Waals surface area contributed by atoms with E-state index in [9.17, 15) is 8.42 Å². The standard InChI is InChI=1S/C3H8N2O2S2/c4-9(6,7)5-2-1-3(5)8/h3,8H,1-2H2,(H2,4,6,7). The Labute approximate surface area is 59.6 Å². The molecule has 0 saturated carbocycles. The third kappa shape index (κ3) is 1.37. The van der Waals surface area contributed by atoms with Crippen LogP contribution in [0.1, 0.15) is 6.42 Å². The van der Waals surface area contributed by atoms with Crippen molar-refractivity contribution < 1.29 is 8.42 Å². The number of rotatable bonds is 1. The summed E-state index contributed by atoms with van der Waals surface area (Å²) in [6.07, 6.45) is 0.791. The molecule has 4 nitrogen and oxygen atoms in total. The molecule has 1 atom stereocenters. The molecule has 6 heteroatoms. The molecule has 1 aliphatic heterocycles. The summed E-state index contributed by atoms with van der Waals surface area (Å²) in [6.45, 7) is 0.507. The van der Waals surface area contributed by atoms with Crippen LogP contribution in [0, 0.1) is 0 Å². The maximum atomic E-state index is 10.5. The summed E-state index contributed by atoms with van der Waals surface area (Å²) in [5.41, 5.74) is 0. The van der Waals surface area contributed by atoms with Crippen LogP contribution in [0.25, 0.3) is 0 Å². The van der Waals surface area contributed by atoms with Gasteiger partial charge in [0.05, 0.1) is 5.37 Å². The molecule has 0 aromatic carbocycles. The average molecular weight is 168 g/mol. The first-order valence-corrected chi connectivity index (χ1v) is 4.51. The van der Waals surface area contributed by atoms with Crippen molar-refractivity contribution in [3.8, 4) is 0 Å². The van der Waals surface area contributed by atoms with Gasteiger partial charge in [-0.05, 0) is 6.42 Å². The van der Waals surface area contributed by atoms with Crippen molar-refractivity contribution in [3.63, 3.8) is 0 Å². The van der Waals surface area contributed by atoms with E-state index in [4.69, 9.17) is 5.14 Å². The van der Waals surface area contributed by atoms with Crippen LogP contribution < -0.4 is 5.14 Å². The lowest BCUT2D eigenvalue weighted by Crippen LogP contribution is -2.50. The first-order valence-electron chi connectivity index (χ1n) is 2.49. The maximum Gasteiger partial charge on any atom is 0.277 e. The van der Waals surface area contributed by atoms with E-state index in [2.05, 4.69) is 12.6 Å². The van der Waals surface area contributed by atoms with Crippen molar-refractivity contribution in [3.05, 3.63) is 0 Å². The van der Waals surface area contributed by atoms with Gasteiger partial charge in [-0.15, -0.1) is 0 Å². The summed E-state index contributed by atoms with van der Waals surface area (Å²) in [5, 5.41) is 4.59. The Morgan fingerprint density at radius 1 is 1.67 bits per heavy atom. The Kier molecular flexibility index (Phi) is 1.73. The summed E-state index contributed by atoms with van der Waals surface area (Å²) in [7, 11) is -3.46. The zero-order valence-corrected chi connectivity index (χ0v) is 6.40. The van der Waals surface area contributed by atoms with E-state index in [0.29, 0.717) is 6.54 Å². The second kappa shape index (κ2) is 2.12. The van der Waals surface area contributed by atoms with Gasteiger partial charge in [0, 0.05) is 6.54 Å². The molecule has 1 aliphatic rings. The van der Waals surface area contributed by atoms with Crippen molar-refractivity contribution in [2.75, 3.05) is 6.54 Å². The molecule has 0 aromatic heterocycles. The van der Waals surface area contributed by atoms with E-state index in [1.54, 1.807) is 0 Å². The highest BCUT2D eigenvalue weighted by Gasteiger charge is 2.32. The Balaban J connectivity index is 2.66. The Bertz CT molecular complexity index is 200. The predicted molar refractivity (Wildman–Crippen MR) is 37.2 cm³/mol. The summed E-state index contributed by atoms with van der Waals surface area (Å²) in [5.74, 6) is 0. The predicted octanol–water partition coefficient (Wildman–Crippen LogP) is -0.848. The average Bonchev–Trinajstić information content (AvgIpc) is 1.57. The fourth-order valence-electron chi connectivity index (χ4n) is 0.647. The first kappa shape index (κ1) is 7.33. The second-order valence-corrected chi connectivity index (χ2v) is 4.02. The van der Waals surface area contributed by atoms with Crippen LogP contribution >= 0.6 is 12.6 Å². The zero-order valence-electron chi connectivity index (χ0n) is 4.69. The molecule has 1 fully saturated rings. The number of thiol groups is 1. The van der Waals surface area contributed by atoms with Crippen LogP contribution in [0.3, 0.4) is 0 Å². The van der Waals surface area contributed by atoms with Gasteiger partial charge in [-0.25, -0.2) is 5.14 Å². The van der Waals surface area contributed by atoms with Gasteiger partial charge in [0.15, 0.2) is 0 Å². The molecule has 1 heterocycles. The number of nitrogens with two attached hydrogens (primary N) is 1. The molecule has 0 spiro atoms. The van der Waals surface area contributed by atoms with Gasteiger partial charge in [0.2, 0.25) is 0 Å². The Morgan fingerprint density at radius 2 is 2.22 bits per heavy atom. The monoisotopic (exact) mass is 168 g/mol. The van der Waals surface area contributed by atoms with E-state index >= 15 is 0 Å². The van der Waals surface area contributed by atoms with Crippen molar-refractivity contribution in [1.29, 1.82) is 0 Å². The molecule has 0 aliphatic carbocycles. The summed E-state index contributed by atoms with van der Waals surface area (Å²) in [4.78, 5) is 0. The van der Waals surface area contributed by atoms with Crippen molar-refractivity contribution in [2.24, 2.45) is 5.14 Å². The molecule has 1 rings (SSSR count). The fourth-order valence-corrected chi connectivity index (χ4v) is 2.08. The fraction of sp³-hybridized carbons (Fsp3) is 1.00. The van der Waals surface area contributed by atoms with Crippen LogP contribution in [0.2, 0.25) is 0 Å². The number of hydrogen-bond acceptors (Lipinski definition) is 3. The molecule has 0 amide bonds. The minimum atomic E-state index is -3.46. The molecular weight excluding hydrogens is 160 g/mol. The zero-order chi connectivity index (χ0) is 7.07. The van der Waals surface area contributed by atoms with Gasteiger partial charge in [0.1, 0.15) is 0 Å². The van der Waals surface area contributed by atoms with Gasteiger partial charge >= 0.3 is 0 Å². The van der Waals surface area contributed by atoms with Crippen LogP contribution in [0.4, 0.5) is 0 Å². The van der Waals surface area contributed by atoms with Gasteiger partial charge in [0.25, 0.3) is 10.2 Å². The molecule has 2 N–H and O–H groups in total. The van der Waals surface area contributed by atoms with E-state index in [0.717, 1.165) is 10.7 Å². The van der Waals surface area contributed by atoms with E-state index < -0.39 is 10.2 Å². The van der Waals surface area contributed by atoms with Crippen LogP contribution in [0.15, 0.2) is 0 Å². The van der Waals surface area contributed by atoms with Gasteiger partial charge in [-0.2, -0.15) is 25.4 Å². The van der Waals surface area contributed by atoms with Gasteiger partial charge in [-0.1, -0.05) is 0 Å². The molecule has 1 unspecified atom stereocenters. The third-order valence-electron chi connectivity index (χ3n) is 1.27. The van der Waals surface area contributed by atoms with E-state index in [1.165, 1.54) is 0 Å². The summed E-state index contributed by atoms with van der Waals surface area (Å²) < 4.78 is 22.1. The van der Waals surface area contributed by atoms with Crippen molar-refractivity contribution >= 4 is 22.8 Å². The largest absolute Gasteiger partial charge is 0.277 e. The molecular formula is C3H8N2O2S2. The second-order valence-electron chi connectivity index (χ2n) is 1.92. The number of hydrogen-bond donors (Lipinski definition) is 2. The van der Waals surface area contributed by atoms with Crippen LogP contribution in [-0.2, 0) is 10.2 Å². The minimum Gasteiger partial charge on any atom is -0.216 e. The van der Waals surface area contributed by atoms with Crippen molar-refractivity contribution in [2.45, 2.75) is 11.8 Å². The smallest absolute Gasteiger partial charge is 0.216 e. The van der Waals surface area contributed by atoms with Gasteiger partial charge < -0.3 is 0 Å². The van der Waals surface area contributed by atoms with E-state index in [1.807, 2.05) is 0 Å². The highest BCUT2D eigenvalue weighted by molar-refractivity contribution is 7.88. The van der Waals surface area contributed by atoms with Crippen molar-refractivity contribution in [1.82, 2.24) is 4.31 Å². The SMILES string of the molecule is NS(=O)(=O)N1CCC1S. The Hall–Kier alpha value is 0.220. The van der Waals surface area contributed by atoms with E-state index in [-0.39, 0.29) is 5.37 Å². The number of nitrogens with zero attached hydrogens (tertiary/aromatic N) is 1. The molecule has 0 aromatic rings. The molecule has 9 heavy (non-hydrogen) atoms. The lowest BCUT2D eigenvalue weighted by molar-refractivity contribution is 0.281. The lowest BCUT2D eigenvalue weighted by atomic mass is 10.3. The molecule has 1 saturated heterocycles. The quantitative estimate of drug-likeness (QED) is 0.501. The lowest BCUT2D eigenvalue weighted by Gasteiger charge is -2.34. The minimum absolute atomic E-state index is 0.194. The molecule has 0 bridgehead atoms. The highest BCUT2D eigenvalue weighted by Crippen LogP contribution is 2.21. The maximum absolute atomic E-state index is 10.5. The topological polar surface area (TPSA) is 63.4 Å². The van der Waals surface area contributed by atoms with Gasteiger partial charge in [-0.3, -0.25) is 0 Å². The third-order valence-corrected chi connectivity index (χ3v) is 3.05. The molecule has 54 valence electrons. The first-order chi connectivity index (χ1) is 4.02. The normalized spacial score (nSPS) is 29.8. The molecule has 0 radical (unpaired) electrons. The van der Waals surface area contributed by atoms with Crippen LogP contribution in [-0.4, -0.2) is 24.6 Å². The summed E-state index contributed by atoms with van der Waals surface area (Å²) >= 11 is 3.94. The highest BCUT2D eigenvalue weighted by atomic mass is 32.2. The summed E-state index contributed by atoms with van der Waals surface area (Å²) in [6, 6.07) is 0.